The van der Waals surface area contributed by atoms with E-state index in [9.17, 15) is 9.18 Å². The zero-order valence-corrected chi connectivity index (χ0v) is 16.0. The Morgan fingerprint density at radius 1 is 1.07 bits per heavy atom. The minimum atomic E-state index is -0.322. The molecule has 4 aromatic rings. The highest BCUT2D eigenvalue weighted by Crippen LogP contribution is 2.28. The summed E-state index contributed by atoms with van der Waals surface area (Å²) in [5.41, 5.74) is 2.69. The summed E-state index contributed by atoms with van der Waals surface area (Å²) in [6.45, 7) is 3.59. The number of carbonyl (C=O) groups is 1. The maximum Gasteiger partial charge on any atom is 0.176 e. The molecule has 0 saturated carbocycles. The van der Waals surface area contributed by atoms with Crippen LogP contribution in [0.1, 0.15) is 10.4 Å². The molecular weight excluding hydrogens is 375 g/mol. The minimum absolute atomic E-state index is 0.0280. The molecule has 7 heteroatoms. The van der Waals surface area contributed by atoms with Gasteiger partial charge in [-0.2, -0.15) is 0 Å². The van der Waals surface area contributed by atoms with Gasteiger partial charge >= 0.3 is 0 Å². The second-order valence-electron chi connectivity index (χ2n) is 7.00. The summed E-state index contributed by atoms with van der Waals surface area (Å²) in [7, 11) is 0. The quantitative estimate of drug-likeness (QED) is 0.495. The molecule has 0 radical (unpaired) electrons. The Morgan fingerprint density at radius 2 is 1.86 bits per heavy atom. The van der Waals surface area contributed by atoms with Crippen LogP contribution in [0.25, 0.3) is 15.9 Å². The van der Waals surface area contributed by atoms with Crippen molar-refractivity contribution in [1.29, 1.82) is 0 Å². The van der Waals surface area contributed by atoms with Crippen LogP contribution in [0.15, 0.2) is 54.0 Å². The predicted molar refractivity (Wildman–Crippen MR) is 110 cm³/mol. The van der Waals surface area contributed by atoms with Gasteiger partial charge in [-0.3, -0.25) is 9.69 Å². The third-order valence-electron chi connectivity index (χ3n) is 5.25. The number of thiophene rings is 1. The van der Waals surface area contributed by atoms with Gasteiger partial charge < -0.3 is 9.30 Å². The van der Waals surface area contributed by atoms with Crippen LogP contribution in [-0.4, -0.2) is 52.8 Å². The van der Waals surface area contributed by atoms with Crippen molar-refractivity contribution >= 4 is 38.8 Å². The Kier molecular flexibility index (Phi) is 4.33. The number of piperazine rings is 1. The van der Waals surface area contributed by atoms with E-state index in [0.717, 1.165) is 47.9 Å². The van der Waals surface area contributed by atoms with E-state index in [1.54, 1.807) is 23.5 Å². The van der Waals surface area contributed by atoms with E-state index >= 15 is 0 Å². The molecule has 4 heterocycles. The maximum atomic E-state index is 13.0. The van der Waals surface area contributed by atoms with Crippen molar-refractivity contribution < 1.29 is 9.18 Å². The molecule has 0 N–H and O–H groups in total. The number of aromatic nitrogens is 2. The lowest BCUT2D eigenvalue weighted by Gasteiger charge is -2.35. The van der Waals surface area contributed by atoms with Crippen molar-refractivity contribution in [3.8, 4) is 0 Å². The Hall–Kier alpha value is -2.77. The molecule has 0 atom stereocenters. The summed E-state index contributed by atoms with van der Waals surface area (Å²) in [4.78, 5) is 22.9. The van der Waals surface area contributed by atoms with Gasteiger partial charge in [-0.25, -0.2) is 9.37 Å². The van der Waals surface area contributed by atoms with Gasteiger partial charge in [-0.15, -0.1) is 11.3 Å². The van der Waals surface area contributed by atoms with E-state index < -0.39 is 0 Å². The van der Waals surface area contributed by atoms with Gasteiger partial charge in [0.1, 0.15) is 16.2 Å². The molecule has 3 aromatic heterocycles. The van der Waals surface area contributed by atoms with Crippen LogP contribution in [0.2, 0.25) is 0 Å². The highest BCUT2D eigenvalue weighted by molar-refractivity contribution is 7.16. The Balaban J connectivity index is 1.30. The molecule has 5 nitrogen and oxygen atoms in total. The van der Waals surface area contributed by atoms with Crippen LogP contribution >= 0.6 is 11.3 Å². The summed E-state index contributed by atoms with van der Waals surface area (Å²) in [6.07, 6.45) is 2.08. The number of benzene rings is 1. The first-order valence-corrected chi connectivity index (χ1v) is 10.2. The Bertz CT molecular complexity index is 1140. The zero-order valence-electron chi connectivity index (χ0n) is 15.2. The number of nitrogens with zero attached hydrogens (tertiary/aromatic N) is 4. The summed E-state index contributed by atoms with van der Waals surface area (Å²) >= 11 is 1.70. The lowest BCUT2D eigenvalue weighted by molar-refractivity contribution is 0.0926. The molecule has 28 heavy (non-hydrogen) atoms. The third kappa shape index (κ3) is 3.06. The Labute approximate surface area is 165 Å². The van der Waals surface area contributed by atoms with E-state index in [-0.39, 0.29) is 11.6 Å². The maximum absolute atomic E-state index is 13.0. The number of ketones is 1. The first-order valence-electron chi connectivity index (χ1n) is 9.29. The fraction of sp³-hybridized carbons (Fsp3) is 0.238. The smallest absolute Gasteiger partial charge is 0.176 e. The van der Waals surface area contributed by atoms with Gasteiger partial charge in [0.15, 0.2) is 11.6 Å². The van der Waals surface area contributed by atoms with Crippen molar-refractivity contribution in [1.82, 2.24) is 14.3 Å². The number of fused-ring (bicyclic) bond motifs is 3. The fourth-order valence-corrected chi connectivity index (χ4v) is 4.59. The molecule has 0 bridgehead atoms. The SMILES string of the molecule is O=C(CN1CCN(c2nc3ccsc3n3cccc23)CC1)c1ccc(F)cc1. The summed E-state index contributed by atoms with van der Waals surface area (Å²) in [5.74, 6) is 0.706. The first-order chi connectivity index (χ1) is 13.7. The number of halogens is 1. The largest absolute Gasteiger partial charge is 0.352 e. The number of carbonyl (C=O) groups excluding carboxylic acids is 1. The van der Waals surface area contributed by atoms with Crippen LogP contribution in [0.4, 0.5) is 10.2 Å². The van der Waals surface area contributed by atoms with Crippen molar-refractivity contribution in [2.24, 2.45) is 0 Å². The highest BCUT2D eigenvalue weighted by atomic mass is 32.1. The number of Topliss-reactive ketones (excluding diaryl/α,β-unsaturated/α-hetero) is 1. The van der Waals surface area contributed by atoms with Gasteiger partial charge in [0.25, 0.3) is 0 Å². The molecular formula is C21H19FN4OS. The van der Waals surface area contributed by atoms with E-state index in [4.69, 9.17) is 4.98 Å². The molecule has 1 saturated heterocycles. The van der Waals surface area contributed by atoms with Crippen LogP contribution in [-0.2, 0) is 0 Å². The van der Waals surface area contributed by atoms with Crippen LogP contribution in [0.5, 0.6) is 0 Å². The van der Waals surface area contributed by atoms with Crippen molar-refractivity contribution in [3.05, 3.63) is 65.4 Å². The minimum Gasteiger partial charge on any atom is -0.352 e. The average Bonchev–Trinajstić information content (AvgIpc) is 3.37. The average molecular weight is 394 g/mol. The molecule has 0 unspecified atom stereocenters. The topological polar surface area (TPSA) is 40.9 Å². The molecule has 1 aromatic carbocycles. The standard InChI is InChI=1S/C21H19FN4OS/c22-16-5-3-15(4-6-16)19(27)14-24-9-11-25(12-10-24)20-18-2-1-8-26(18)21-17(23-20)7-13-28-21/h1-8,13H,9-12,14H2. The fourth-order valence-electron chi connectivity index (χ4n) is 3.75. The zero-order chi connectivity index (χ0) is 19.1. The van der Waals surface area contributed by atoms with Gasteiger partial charge in [-0.05, 0) is 47.8 Å². The second-order valence-corrected chi connectivity index (χ2v) is 7.90. The van der Waals surface area contributed by atoms with Crippen molar-refractivity contribution in [3.63, 3.8) is 0 Å². The summed E-state index contributed by atoms with van der Waals surface area (Å²) in [6, 6.07) is 12.0. The number of hydrogen-bond acceptors (Lipinski definition) is 5. The van der Waals surface area contributed by atoms with Gasteiger partial charge in [-0.1, -0.05) is 0 Å². The van der Waals surface area contributed by atoms with Crippen LogP contribution < -0.4 is 4.90 Å². The molecule has 0 amide bonds. The number of rotatable bonds is 4. The van der Waals surface area contributed by atoms with Gasteiger partial charge in [0.05, 0.1) is 12.1 Å². The van der Waals surface area contributed by atoms with Crippen molar-refractivity contribution in [2.75, 3.05) is 37.6 Å². The molecule has 1 fully saturated rings. The number of anilines is 1. The highest BCUT2D eigenvalue weighted by Gasteiger charge is 2.22. The second kappa shape index (κ2) is 7.00. The molecule has 1 aliphatic rings. The predicted octanol–water partition coefficient (Wildman–Crippen LogP) is 3.69. The van der Waals surface area contributed by atoms with Gasteiger partial charge in [0, 0.05) is 37.9 Å². The third-order valence-corrected chi connectivity index (χ3v) is 6.15. The molecule has 0 aliphatic carbocycles. The van der Waals surface area contributed by atoms with Gasteiger partial charge in [0.2, 0.25) is 0 Å². The summed E-state index contributed by atoms with van der Waals surface area (Å²) in [5, 5.41) is 2.07. The lowest BCUT2D eigenvalue weighted by Crippen LogP contribution is -2.48. The lowest BCUT2D eigenvalue weighted by atomic mass is 10.1. The number of hydrogen-bond donors (Lipinski definition) is 0. The van der Waals surface area contributed by atoms with Crippen molar-refractivity contribution in [2.45, 2.75) is 0 Å². The van der Waals surface area contributed by atoms with E-state index in [1.807, 2.05) is 0 Å². The van der Waals surface area contributed by atoms with E-state index in [1.165, 1.54) is 12.1 Å². The van der Waals surface area contributed by atoms with Crippen LogP contribution in [0.3, 0.4) is 0 Å². The normalized spacial score (nSPS) is 15.5. The molecule has 5 rings (SSSR count). The van der Waals surface area contributed by atoms with Crippen LogP contribution in [0, 0.1) is 5.82 Å². The van der Waals surface area contributed by atoms with E-state index in [0.29, 0.717) is 12.1 Å². The first kappa shape index (κ1) is 17.3. The summed E-state index contributed by atoms with van der Waals surface area (Å²) < 4.78 is 15.2. The Morgan fingerprint density at radius 3 is 2.64 bits per heavy atom. The van der Waals surface area contributed by atoms with E-state index in [2.05, 4.69) is 44.0 Å². The molecule has 0 spiro atoms. The monoisotopic (exact) mass is 394 g/mol. The molecule has 1 aliphatic heterocycles. The molecule has 142 valence electrons.